The summed E-state index contributed by atoms with van der Waals surface area (Å²) >= 11 is 5.05. The number of benzene rings is 2. The molecule has 1 atom stereocenters. The Morgan fingerprint density at radius 2 is 1.82 bits per heavy atom. The van der Waals surface area contributed by atoms with Crippen molar-refractivity contribution in [3.8, 4) is 0 Å². The maximum Gasteiger partial charge on any atom is -1.00 e. The molecule has 4 rings (SSSR count). The Balaban J connectivity index is 0.000000807. The van der Waals surface area contributed by atoms with Gasteiger partial charge in [0.1, 0.15) is 0 Å². The van der Waals surface area contributed by atoms with Crippen molar-refractivity contribution in [2.75, 3.05) is 11.9 Å². The monoisotopic (exact) mass is 491 g/mol. The van der Waals surface area contributed by atoms with Crippen LogP contribution in [0.25, 0.3) is 11.6 Å². The van der Waals surface area contributed by atoms with E-state index in [1.54, 1.807) is 0 Å². The first-order valence-electron chi connectivity index (χ1n) is 6.26. The molecule has 1 unspecified atom stereocenters. The predicted molar refractivity (Wildman–Crippen MR) is 78.6 cm³/mol. The second-order valence-corrected chi connectivity index (χ2v) is 7.31. The molecule has 22 heavy (non-hydrogen) atoms. The molecule has 0 radical (unpaired) electrons. The SMILES string of the molecule is CN1c2ccc[c]([Zr+3])c2C2=c3ccc(Br)cc3=CC21.[Cl-].[Cl-].[Cl-]. The molecule has 2 aromatic rings. The van der Waals surface area contributed by atoms with Crippen molar-refractivity contribution in [3.05, 3.63) is 56.9 Å². The molecule has 0 N–H and O–H groups in total. The third kappa shape index (κ3) is 2.84. The van der Waals surface area contributed by atoms with Gasteiger partial charge in [-0.25, -0.2) is 0 Å². The maximum absolute atomic E-state index is 3.57. The van der Waals surface area contributed by atoms with Crippen molar-refractivity contribution in [2.24, 2.45) is 0 Å². The molecule has 0 amide bonds. The van der Waals surface area contributed by atoms with Gasteiger partial charge in [0.05, 0.1) is 0 Å². The van der Waals surface area contributed by atoms with Crippen LogP contribution >= 0.6 is 15.9 Å². The summed E-state index contributed by atoms with van der Waals surface area (Å²) in [5, 5.41) is 2.75. The zero-order valence-corrected chi connectivity index (χ0v) is 17.9. The molecular weight excluding hydrogens is 484 g/mol. The van der Waals surface area contributed by atoms with Gasteiger partial charge in [-0.1, -0.05) is 0 Å². The van der Waals surface area contributed by atoms with Crippen LogP contribution in [-0.4, -0.2) is 13.1 Å². The van der Waals surface area contributed by atoms with Gasteiger partial charge in [-0.3, -0.25) is 0 Å². The molecule has 1 aliphatic heterocycles. The van der Waals surface area contributed by atoms with Crippen LogP contribution < -0.4 is 55.8 Å². The van der Waals surface area contributed by atoms with E-state index in [0.717, 1.165) is 4.47 Å². The van der Waals surface area contributed by atoms with Crippen LogP contribution in [0.1, 0.15) is 5.56 Å². The van der Waals surface area contributed by atoms with E-state index >= 15 is 0 Å². The van der Waals surface area contributed by atoms with Gasteiger partial charge in [0.2, 0.25) is 0 Å². The number of anilines is 1. The maximum atomic E-state index is 3.57. The van der Waals surface area contributed by atoms with E-state index in [9.17, 15) is 0 Å². The quantitative estimate of drug-likeness (QED) is 0.352. The van der Waals surface area contributed by atoms with Crippen LogP contribution in [0.3, 0.4) is 0 Å². The number of hydrogen-bond acceptors (Lipinski definition) is 1. The second-order valence-electron chi connectivity index (χ2n) is 5.07. The van der Waals surface area contributed by atoms with Crippen LogP contribution in [0.5, 0.6) is 0 Å². The molecule has 1 aliphatic carbocycles. The number of hydrogen-bond donors (Lipinski definition) is 0. The molecule has 6 heteroatoms. The molecule has 0 bridgehead atoms. The van der Waals surface area contributed by atoms with Gasteiger partial charge < -0.3 is 37.2 Å². The van der Waals surface area contributed by atoms with Gasteiger partial charge >= 0.3 is 136 Å². The molecule has 0 saturated carbocycles. The van der Waals surface area contributed by atoms with Crippen LogP contribution in [-0.2, 0) is 24.7 Å². The average molecular weight is 495 g/mol. The van der Waals surface area contributed by atoms with Gasteiger partial charge in [0.15, 0.2) is 0 Å². The first kappa shape index (κ1) is 20.3. The fraction of sp³-hybridized carbons (Fsp3) is 0.125. The Kier molecular flexibility index (Phi) is 6.82. The Morgan fingerprint density at radius 3 is 2.55 bits per heavy atom. The molecule has 0 aromatic heterocycles. The van der Waals surface area contributed by atoms with E-state index in [-0.39, 0.29) is 37.2 Å². The molecule has 2 aromatic carbocycles. The number of likely N-dealkylation sites (N-methyl/N-ethyl adjacent to an activating group) is 1. The third-order valence-electron chi connectivity index (χ3n) is 4.05. The van der Waals surface area contributed by atoms with E-state index in [1.165, 1.54) is 55.3 Å². The van der Waals surface area contributed by atoms with Gasteiger partial charge in [-0.2, -0.15) is 0 Å². The molecule has 0 spiro atoms. The molecule has 0 saturated heterocycles. The molecule has 0 fully saturated rings. The van der Waals surface area contributed by atoms with E-state index in [0.29, 0.717) is 6.04 Å². The largest absolute Gasteiger partial charge is 1.00 e. The minimum absolute atomic E-state index is 0. The van der Waals surface area contributed by atoms with E-state index in [1.807, 2.05) is 0 Å². The van der Waals surface area contributed by atoms with E-state index in [4.69, 9.17) is 0 Å². The van der Waals surface area contributed by atoms with Gasteiger partial charge in [-0.05, 0) is 0 Å². The van der Waals surface area contributed by atoms with Crippen LogP contribution in [0.15, 0.2) is 40.9 Å². The van der Waals surface area contributed by atoms with Crippen molar-refractivity contribution in [3.63, 3.8) is 0 Å². The first-order valence-corrected chi connectivity index (χ1v) is 8.28. The minimum atomic E-state index is 0. The summed E-state index contributed by atoms with van der Waals surface area (Å²) in [5.41, 5.74) is 4.33. The summed E-state index contributed by atoms with van der Waals surface area (Å²) in [4.78, 5) is 2.39. The molecule has 2 aliphatic rings. The third-order valence-corrected chi connectivity index (χ3v) is 5.56. The number of rotatable bonds is 0. The van der Waals surface area contributed by atoms with Crippen LogP contribution in [0.2, 0.25) is 0 Å². The standard InChI is InChI=1S/C16H11BrN.3ClH.Zr/c1-18-14-5-3-2-4-13(14)16-12-7-6-11(17)8-10(12)9-15(16)18;;;;/h2-3,5-9,15H,1H3;3*1H;/q;;;;+3/p-3. The molecule has 1 nitrogen and oxygen atoms in total. The van der Waals surface area contributed by atoms with E-state index < -0.39 is 0 Å². The zero-order valence-electron chi connectivity index (χ0n) is 11.6. The van der Waals surface area contributed by atoms with Crippen LogP contribution in [0, 0.1) is 0 Å². The fourth-order valence-corrected chi connectivity index (χ4v) is 4.45. The van der Waals surface area contributed by atoms with Crippen molar-refractivity contribution in [1.29, 1.82) is 0 Å². The first-order chi connectivity index (χ1) is 9.16. The molecule has 112 valence electrons. The molecular formula is C16H11BrCl3NZr. The fourth-order valence-electron chi connectivity index (χ4n) is 3.18. The summed E-state index contributed by atoms with van der Waals surface area (Å²) < 4.78 is 2.61. The van der Waals surface area contributed by atoms with E-state index in [2.05, 4.69) is 70.4 Å². The number of fused-ring (bicyclic) bond motifs is 4. The average Bonchev–Trinajstić information content (AvgIpc) is 2.87. The van der Waals surface area contributed by atoms with Gasteiger partial charge in [-0.15, -0.1) is 0 Å². The van der Waals surface area contributed by atoms with Gasteiger partial charge in [0, 0.05) is 0 Å². The number of halogens is 4. The zero-order chi connectivity index (χ0) is 13.1. The Labute approximate surface area is 172 Å². The minimum Gasteiger partial charge on any atom is -1.00 e. The Bertz CT molecular complexity index is 838. The normalized spacial score (nSPS) is 16.5. The smallest absolute Gasteiger partial charge is 1.00 e. The molecule has 1 heterocycles. The van der Waals surface area contributed by atoms with Crippen molar-refractivity contribution >= 4 is 36.5 Å². The summed E-state index contributed by atoms with van der Waals surface area (Å²) in [6.07, 6.45) is 2.38. The Hall–Kier alpha value is 0.213. The predicted octanol–water partition coefficient (Wildman–Crippen LogP) is -7.56. The Morgan fingerprint density at radius 1 is 1.09 bits per heavy atom. The second kappa shape index (κ2) is 7.40. The summed E-state index contributed by atoms with van der Waals surface area (Å²) in [5.74, 6) is 0. The van der Waals surface area contributed by atoms with Gasteiger partial charge in [0.25, 0.3) is 0 Å². The number of nitrogens with zero attached hydrogens (tertiary/aromatic N) is 1. The van der Waals surface area contributed by atoms with Crippen molar-refractivity contribution < 1.29 is 61.9 Å². The summed E-state index contributed by atoms with van der Waals surface area (Å²) in [6, 6.07) is 13.7. The van der Waals surface area contributed by atoms with Crippen LogP contribution in [0.4, 0.5) is 5.69 Å². The summed E-state index contributed by atoms with van der Waals surface area (Å²) in [7, 11) is 2.20. The van der Waals surface area contributed by atoms with Crippen molar-refractivity contribution in [1.82, 2.24) is 0 Å². The topological polar surface area (TPSA) is 3.24 Å². The summed E-state index contributed by atoms with van der Waals surface area (Å²) in [6.45, 7) is 0. The van der Waals surface area contributed by atoms with Crippen molar-refractivity contribution in [2.45, 2.75) is 6.04 Å².